The Labute approximate surface area is 266 Å². The Morgan fingerprint density at radius 3 is 2.44 bits per heavy atom. The monoisotopic (exact) mass is 636 g/mol. The minimum atomic E-state index is -1.52. The molecule has 240 valence electrons. The topological polar surface area (TPSA) is 127 Å². The zero-order chi connectivity index (χ0) is 32.4. The van der Waals surface area contributed by atoms with Crippen LogP contribution in [0, 0.1) is 11.7 Å². The molecule has 1 aliphatic heterocycles. The maximum atomic E-state index is 15.5. The normalized spacial score (nSPS) is 22.1. The molecule has 2 heterocycles. The van der Waals surface area contributed by atoms with Crippen molar-refractivity contribution in [3.63, 3.8) is 0 Å². The summed E-state index contributed by atoms with van der Waals surface area (Å²) in [6.07, 6.45) is 4.10. The first-order valence-corrected chi connectivity index (χ1v) is 16.4. The molecule has 1 aliphatic carbocycles. The molecule has 0 bridgehead atoms. The number of hydrogen-bond donors (Lipinski definition) is 3. The summed E-state index contributed by atoms with van der Waals surface area (Å²) in [5.41, 5.74) is -0.224. The molecule has 45 heavy (non-hydrogen) atoms. The lowest BCUT2D eigenvalue weighted by molar-refractivity contribution is -0.120. The van der Waals surface area contributed by atoms with Gasteiger partial charge in [-0.15, -0.1) is 4.72 Å². The number of methoxy groups -OCH3 is 1. The average Bonchev–Trinajstić information content (AvgIpc) is 3.77. The predicted molar refractivity (Wildman–Crippen MR) is 171 cm³/mol. The lowest BCUT2D eigenvalue weighted by Gasteiger charge is -2.38. The van der Waals surface area contributed by atoms with Gasteiger partial charge >= 0.3 is 6.09 Å². The predicted octanol–water partition coefficient (Wildman–Crippen LogP) is 5.94. The van der Waals surface area contributed by atoms with Crippen LogP contribution in [0.25, 0.3) is 0 Å². The molecule has 11 heteroatoms. The summed E-state index contributed by atoms with van der Waals surface area (Å²) in [6.45, 7) is 5.57. The number of ether oxygens (including phenoxy) is 1. The van der Waals surface area contributed by atoms with E-state index in [0.717, 1.165) is 29.7 Å². The maximum absolute atomic E-state index is 15.5. The quantitative estimate of drug-likeness (QED) is 0.223. The first-order chi connectivity index (χ1) is 21.4. The number of nitrogens with zero attached hydrogens (tertiary/aromatic N) is 2. The van der Waals surface area contributed by atoms with Crippen molar-refractivity contribution in [1.82, 2.24) is 14.6 Å². The van der Waals surface area contributed by atoms with Gasteiger partial charge in [0.1, 0.15) is 27.7 Å². The van der Waals surface area contributed by atoms with E-state index in [2.05, 4.69) is 15.0 Å². The highest BCUT2D eigenvalue weighted by Crippen LogP contribution is 2.43. The highest BCUT2D eigenvalue weighted by Gasteiger charge is 2.51. The van der Waals surface area contributed by atoms with Gasteiger partial charge in [0, 0.05) is 31.1 Å². The standard InChI is InChI=1S/C34H41FN4O5S/c1-32(2,3)45(43)38-34(18-17-23-13-14-23,29-12-8-9-19-36-29)25-15-16-26(35)27(20-25)37-30(40)28-21-33(44-4,22-39(28)31(41)42)24-10-6-5-7-11-24/h5-12,15-16,19-20,23,28,38H,13-14,17-18,21-22H2,1-4H3,(H,37,40)(H,41,42)/t28-,33-,34?,45+/m1/s1. The van der Waals surface area contributed by atoms with E-state index in [0.29, 0.717) is 23.6 Å². The zero-order valence-electron chi connectivity index (χ0n) is 26.1. The van der Waals surface area contributed by atoms with Crippen molar-refractivity contribution in [3.8, 4) is 0 Å². The van der Waals surface area contributed by atoms with E-state index in [1.165, 1.54) is 13.2 Å². The van der Waals surface area contributed by atoms with Gasteiger partial charge in [0.25, 0.3) is 0 Å². The molecule has 2 fully saturated rings. The lowest BCUT2D eigenvalue weighted by atomic mass is 9.82. The molecule has 1 unspecified atom stereocenters. The van der Waals surface area contributed by atoms with E-state index in [4.69, 9.17) is 4.74 Å². The van der Waals surface area contributed by atoms with E-state index in [1.54, 1.807) is 24.4 Å². The maximum Gasteiger partial charge on any atom is 0.408 e. The number of carbonyl (C=O) groups is 2. The second kappa shape index (κ2) is 13.1. The summed E-state index contributed by atoms with van der Waals surface area (Å²) in [5, 5.41) is 12.7. The third kappa shape index (κ3) is 7.01. The van der Waals surface area contributed by atoms with Crippen molar-refractivity contribution < 1.29 is 28.4 Å². The van der Waals surface area contributed by atoms with Gasteiger partial charge in [0.2, 0.25) is 5.91 Å². The van der Waals surface area contributed by atoms with Gasteiger partial charge in [-0.2, -0.15) is 0 Å². The molecule has 5 rings (SSSR count). The van der Waals surface area contributed by atoms with Crippen LogP contribution in [0.5, 0.6) is 0 Å². The summed E-state index contributed by atoms with van der Waals surface area (Å²) in [4.78, 5) is 31.8. The van der Waals surface area contributed by atoms with Gasteiger partial charge in [0.05, 0.1) is 17.9 Å². The molecular formula is C34H41FN4O5S. The Morgan fingerprint density at radius 2 is 1.84 bits per heavy atom. The van der Waals surface area contributed by atoms with Crippen LogP contribution in [-0.4, -0.2) is 56.0 Å². The highest BCUT2D eigenvalue weighted by atomic mass is 32.2. The Balaban J connectivity index is 1.51. The van der Waals surface area contributed by atoms with Crippen LogP contribution in [0.3, 0.4) is 0 Å². The van der Waals surface area contributed by atoms with Crippen molar-refractivity contribution in [2.75, 3.05) is 19.0 Å². The molecule has 1 saturated carbocycles. The Hall–Kier alpha value is -3.51. The fraction of sp³-hybridized carbons (Fsp3) is 0.441. The number of nitrogens with one attached hydrogen (secondary N) is 2. The number of rotatable bonds is 11. The Morgan fingerprint density at radius 1 is 1.13 bits per heavy atom. The van der Waals surface area contributed by atoms with Crippen LogP contribution >= 0.6 is 0 Å². The number of benzene rings is 2. The fourth-order valence-electron chi connectivity index (χ4n) is 5.96. The van der Waals surface area contributed by atoms with Crippen molar-refractivity contribution in [1.29, 1.82) is 0 Å². The molecule has 4 atom stereocenters. The molecular weight excluding hydrogens is 595 g/mol. The first-order valence-electron chi connectivity index (χ1n) is 15.2. The summed E-state index contributed by atoms with van der Waals surface area (Å²) in [6, 6.07) is 18.0. The van der Waals surface area contributed by atoms with Crippen LogP contribution in [-0.2, 0) is 32.0 Å². The molecule has 0 radical (unpaired) electrons. The van der Waals surface area contributed by atoms with Crippen LogP contribution in [0.1, 0.15) is 69.7 Å². The minimum Gasteiger partial charge on any atom is -0.598 e. The van der Waals surface area contributed by atoms with E-state index >= 15 is 4.39 Å². The van der Waals surface area contributed by atoms with Gasteiger partial charge < -0.3 is 19.7 Å². The smallest absolute Gasteiger partial charge is 0.408 e. The second-order valence-electron chi connectivity index (χ2n) is 13.0. The minimum absolute atomic E-state index is 0.0539. The number of likely N-dealkylation sites (tertiary alicyclic amines) is 1. The molecule has 2 amide bonds. The van der Waals surface area contributed by atoms with Gasteiger partial charge in [-0.25, -0.2) is 9.18 Å². The molecule has 3 N–H and O–H groups in total. The fourth-order valence-corrected chi connectivity index (χ4v) is 6.91. The summed E-state index contributed by atoms with van der Waals surface area (Å²) in [5.74, 6) is -0.800. The third-order valence-electron chi connectivity index (χ3n) is 8.83. The van der Waals surface area contributed by atoms with Crippen molar-refractivity contribution in [3.05, 3.63) is 95.6 Å². The number of carbonyl (C=O) groups excluding carboxylic acids is 1. The second-order valence-corrected chi connectivity index (χ2v) is 14.9. The molecule has 2 aromatic carbocycles. The molecule has 1 saturated heterocycles. The molecule has 2 aliphatic rings. The number of aromatic nitrogens is 1. The van der Waals surface area contributed by atoms with Crippen molar-refractivity contribution in [2.24, 2.45) is 5.92 Å². The Kier molecular flexibility index (Phi) is 9.55. The van der Waals surface area contributed by atoms with Crippen LogP contribution in [0.4, 0.5) is 14.9 Å². The number of anilines is 1. The molecule has 3 aromatic rings. The third-order valence-corrected chi connectivity index (χ3v) is 10.5. The van der Waals surface area contributed by atoms with E-state index in [-0.39, 0.29) is 18.7 Å². The number of pyridine rings is 1. The van der Waals surface area contributed by atoms with Gasteiger partial charge in [-0.3, -0.25) is 14.7 Å². The van der Waals surface area contributed by atoms with E-state index in [1.807, 2.05) is 63.2 Å². The molecule has 0 spiro atoms. The summed E-state index contributed by atoms with van der Waals surface area (Å²) >= 11 is -1.52. The number of carboxylic acid groups (broad SMARTS) is 1. The van der Waals surface area contributed by atoms with Gasteiger partial charge in [0.15, 0.2) is 0 Å². The average molecular weight is 637 g/mol. The molecule has 9 nitrogen and oxygen atoms in total. The van der Waals surface area contributed by atoms with Crippen LogP contribution in [0.15, 0.2) is 72.9 Å². The number of halogens is 1. The largest absolute Gasteiger partial charge is 0.598 e. The van der Waals surface area contributed by atoms with Gasteiger partial charge in [-0.05, 0) is 74.9 Å². The zero-order valence-corrected chi connectivity index (χ0v) is 26.9. The SMILES string of the molecule is CO[C@]1(c2ccccc2)C[C@H](C(=O)Nc2cc(C(CCC3CC3)(N[S@@+]([O-])C(C)(C)C)c3ccccn3)ccc2F)N(C(=O)O)C1. The Bertz CT molecular complexity index is 1500. The van der Waals surface area contributed by atoms with Crippen molar-refractivity contribution in [2.45, 2.75) is 74.8 Å². The van der Waals surface area contributed by atoms with E-state index in [9.17, 15) is 19.2 Å². The number of hydrogen-bond acceptors (Lipinski definition) is 6. The molecule has 1 aromatic heterocycles. The summed E-state index contributed by atoms with van der Waals surface area (Å²) < 4.78 is 37.7. The highest BCUT2D eigenvalue weighted by molar-refractivity contribution is 7.90. The first kappa shape index (κ1) is 32.9. The van der Waals surface area contributed by atoms with Crippen LogP contribution in [0.2, 0.25) is 0 Å². The number of amides is 2. The lowest BCUT2D eigenvalue weighted by Crippen LogP contribution is -2.52. The summed E-state index contributed by atoms with van der Waals surface area (Å²) in [7, 11) is 1.49. The van der Waals surface area contributed by atoms with Crippen LogP contribution < -0.4 is 10.0 Å². The van der Waals surface area contributed by atoms with E-state index < -0.39 is 51.1 Å². The van der Waals surface area contributed by atoms with Crippen molar-refractivity contribution >= 4 is 29.0 Å². The van der Waals surface area contributed by atoms with Gasteiger partial charge in [-0.1, -0.05) is 55.3 Å².